The second-order valence-electron chi connectivity index (χ2n) is 3.95. The summed E-state index contributed by atoms with van der Waals surface area (Å²) in [6.07, 6.45) is 3.55. The van der Waals surface area contributed by atoms with Gasteiger partial charge in [0.1, 0.15) is 0 Å². The van der Waals surface area contributed by atoms with Crippen LogP contribution in [0.1, 0.15) is 33.8 Å². The summed E-state index contributed by atoms with van der Waals surface area (Å²) in [5.74, 6) is 0. The molecular weight excluding hydrogens is 218 g/mol. The van der Waals surface area contributed by atoms with Gasteiger partial charge in [0.15, 0.2) is 0 Å². The lowest BCUT2D eigenvalue weighted by Gasteiger charge is -2.15. The molecule has 2 nitrogen and oxygen atoms in total. The van der Waals surface area contributed by atoms with Crippen LogP contribution in [0.3, 0.4) is 0 Å². The van der Waals surface area contributed by atoms with Crippen molar-refractivity contribution in [2.24, 2.45) is 0 Å². The molecule has 16 heavy (non-hydrogen) atoms. The van der Waals surface area contributed by atoms with Gasteiger partial charge >= 0.3 is 0 Å². The third-order valence-corrected chi connectivity index (χ3v) is 3.84. The molecule has 0 saturated heterocycles. The van der Waals surface area contributed by atoms with Gasteiger partial charge in [-0.1, -0.05) is 6.92 Å². The van der Waals surface area contributed by atoms with E-state index in [4.69, 9.17) is 4.42 Å². The zero-order valence-corrected chi connectivity index (χ0v) is 10.7. The number of thiophene rings is 1. The molecule has 0 aliphatic rings. The largest absolute Gasteiger partial charge is 0.472 e. The van der Waals surface area contributed by atoms with E-state index in [1.807, 2.05) is 23.7 Å². The molecule has 2 heterocycles. The van der Waals surface area contributed by atoms with Crippen molar-refractivity contribution in [2.75, 3.05) is 6.54 Å². The first-order valence-electron chi connectivity index (χ1n) is 5.54. The third kappa shape index (κ3) is 2.20. The molecule has 2 rings (SSSR count). The summed E-state index contributed by atoms with van der Waals surface area (Å²) in [4.78, 5) is 2.75. The van der Waals surface area contributed by atoms with Crippen LogP contribution < -0.4 is 5.32 Å². The number of rotatable bonds is 4. The summed E-state index contributed by atoms with van der Waals surface area (Å²) >= 11 is 1.86. The van der Waals surface area contributed by atoms with Gasteiger partial charge in [0.2, 0.25) is 0 Å². The Balaban J connectivity index is 2.36. The molecule has 1 N–H and O–H groups in total. The van der Waals surface area contributed by atoms with Gasteiger partial charge in [-0.2, -0.15) is 0 Å². The number of aryl methyl sites for hydroxylation is 2. The van der Waals surface area contributed by atoms with Crippen molar-refractivity contribution in [1.29, 1.82) is 0 Å². The van der Waals surface area contributed by atoms with E-state index in [-0.39, 0.29) is 6.04 Å². The highest BCUT2D eigenvalue weighted by Crippen LogP contribution is 2.31. The number of nitrogens with one attached hydrogen (secondary N) is 1. The van der Waals surface area contributed by atoms with Crippen LogP contribution in [0.15, 0.2) is 29.1 Å². The van der Waals surface area contributed by atoms with E-state index in [0.29, 0.717) is 0 Å². The van der Waals surface area contributed by atoms with Crippen LogP contribution in [-0.4, -0.2) is 6.54 Å². The second kappa shape index (κ2) is 4.85. The maximum Gasteiger partial charge on any atom is 0.0954 e. The quantitative estimate of drug-likeness (QED) is 0.875. The van der Waals surface area contributed by atoms with E-state index in [9.17, 15) is 0 Å². The summed E-state index contributed by atoms with van der Waals surface area (Å²) in [6.45, 7) is 7.40. The average Bonchev–Trinajstić information content (AvgIpc) is 2.85. The Bertz CT molecular complexity index is 444. The molecule has 0 bridgehead atoms. The van der Waals surface area contributed by atoms with Gasteiger partial charge in [0, 0.05) is 15.3 Å². The van der Waals surface area contributed by atoms with Crippen molar-refractivity contribution < 1.29 is 4.42 Å². The Morgan fingerprint density at radius 1 is 1.44 bits per heavy atom. The van der Waals surface area contributed by atoms with Crippen LogP contribution >= 0.6 is 11.3 Å². The fourth-order valence-corrected chi connectivity index (χ4v) is 3.09. The summed E-state index contributed by atoms with van der Waals surface area (Å²) < 4.78 is 5.17. The molecule has 2 aromatic rings. The van der Waals surface area contributed by atoms with E-state index in [0.717, 1.165) is 6.54 Å². The first-order valence-corrected chi connectivity index (χ1v) is 6.36. The molecule has 0 radical (unpaired) electrons. The molecule has 0 fully saturated rings. The highest BCUT2D eigenvalue weighted by molar-refractivity contribution is 7.12. The lowest BCUT2D eigenvalue weighted by molar-refractivity contribution is 0.554. The van der Waals surface area contributed by atoms with Gasteiger partial charge in [0.05, 0.1) is 18.6 Å². The third-order valence-electron chi connectivity index (χ3n) is 2.63. The van der Waals surface area contributed by atoms with Gasteiger partial charge in [-0.25, -0.2) is 0 Å². The fourth-order valence-electron chi connectivity index (χ4n) is 1.95. The zero-order chi connectivity index (χ0) is 11.5. The van der Waals surface area contributed by atoms with Crippen LogP contribution in [0.2, 0.25) is 0 Å². The summed E-state index contributed by atoms with van der Waals surface area (Å²) in [5.41, 5.74) is 2.56. The van der Waals surface area contributed by atoms with Crippen molar-refractivity contribution in [1.82, 2.24) is 5.32 Å². The van der Waals surface area contributed by atoms with Gasteiger partial charge < -0.3 is 9.73 Å². The van der Waals surface area contributed by atoms with Crippen molar-refractivity contribution >= 4 is 11.3 Å². The van der Waals surface area contributed by atoms with Crippen LogP contribution in [0.25, 0.3) is 0 Å². The van der Waals surface area contributed by atoms with Crippen molar-refractivity contribution in [3.63, 3.8) is 0 Å². The molecule has 2 aromatic heterocycles. The maximum atomic E-state index is 5.17. The molecular formula is C13H17NOS. The monoisotopic (exact) mass is 235 g/mol. The second-order valence-corrected chi connectivity index (χ2v) is 5.24. The van der Waals surface area contributed by atoms with Crippen molar-refractivity contribution in [3.8, 4) is 0 Å². The molecule has 0 aliphatic heterocycles. The lowest BCUT2D eigenvalue weighted by Crippen LogP contribution is -2.21. The molecule has 0 saturated carbocycles. The fraction of sp³-hybridized carbons (Fsp3) is 0.385. The predicted molar refractivity (Wildman–Crippen MR) is 68.0 cm³/mol. The Kier molecular flexibility index (Phi) is 3.46. The first kappa shape index (κ1) is 11.4. The van der Waals surface area contributed by atoms with Crippen molar-refractivity contribution in [3.05, 3.63) is 45.5 Å². The average molecular weight is 235 g/mol. The number of hydrogen-bond acceptors (Lipinski definition) is 3. The lowest BCUT2D eigenvalue weighted by atomic mass is 10.1. The minimum atomic E-state index is 0.266. The van der Waals surface area contributed by atoms with Crippen LogP contribution in [0, 0.1) is 13.8 Å². The molecule has 0 amide bonds. The summed E-state index contributed by atoms with van der Waals surface area (Å²) in [6, 6.07) is 4.54. The Labute approximate surface area is 100 Å². The van der Waals surface area contributed by atoms with Crippen LogP contribution in [-0.2, 0) is 0 Å². The maximum absolute atomic E-state index is 5.17. The van der Waals surface area contributed by atoms with Crippen molar-refractivity contribution in [2.45, 2.75) is 26.8 Å². The molecule has 3 heteroatoms. The Hall–Kier alpha value is -1.06. The smallest absolute Gasteiger partial charge is 0.0954 e. The van der Waals surface area contributed by atoms with E-state index in [1.54, 1.807) is 6.26 Å². The van der Waals surface area contributed by atoms with E-state index >= 15 is 0 Å². The topological polar surface area (TPSA) is 25.2 Å². The van der Waals surface area contributed by atoms with Crippen LogP contribution in [0.4, 0.5) is 0 Å². The van der Waals surface area contributed by atoms with Gasteiger partial charge in [-0.15, -0.1) is 11.3 Å². The van der Waals surface area contributed by atoms with E-state index in [1.165, 1.54) is 20.9 Å². The molecule has 86 valence electrons. The van der Waals surface area contributed by atoms with Gasteiger partial charge in [0.25, 0.3) is 0 Å². The number of hydrogen-bond donors (Lipinski definition) is 1. The zero-order valence-electron chi connectivity index (χ0n) is 9.91. The highest BCUT2D eigenvalue weighted by atomic mass is 32.1. The molecule has 1 unspecified atom stereocenters. The number of furan rings is 1. The minimum Gasteiger partial charge on any atom is -0.472 e. The predicted octanol–water partition coefficient (Wildman–Crippen LogP) is 3.66. The minimum absolute atomic E-state index is 0.266. The normalized spacial score (nSPS) is 12.9. The molecule has 0 aliphatic carbocycles. The first-order chi connectivity index (χ1) is 7.72. The molecule has 0 aromatic carbocycles. The standard InChI is InChI=1S/C13H17NOS/c1-4-14-12(11-5-6-15-8-11)13-9(2)7-10(3)16-13/h5-8,12,14H,4H2,1-3H3. The van der Waals surface area contributed by atoms with E-state index < -0.39 is 0 Å². The molecule has 0 spiro atoms. The summed E-state index contributed by atoms with van der Waals surface area (Å²) in [5, 5.41) is 3.51. The van der Waals surface area contributed by atoms with E-state index in [2.05, 4.69) is 32.2 Å². The summed E-state index contributed by atoms with van der Waals surface area (Å²) in [7, 11) is 0. The highest BCUT2D eigenvalue weighted by Gasteiger charge is 2.18. The van der Waals surface area contributed by atoms with Crippen LogP contribution in [0.5, 0.6) is 0 Å². The van der Waals surface area contributed by atoms with Gasteiger partial charge in [-0.3, -0.25) is 0 Å². The molecule has 1 atom stereocenters. The Morgan fingerprint density at radius 2 is 2.25 bits per heavy atom. The Morgan fingerprint density at radius 3 is 2.75 bits per heavy atom. The SMILES string of the molecule is CCNC(c1ccoc1)c1sc(C)cc1C. The van der Waals surface area contributed by atoms with Gasteiger partial charge in [-0.05, 0) is 38.1 Å².